The number of amides is 2. The zero-order chi connectivity index (χ0) is 21.3. The minimum atomic E-state index is -0.533. The van der Waals surface area contributed by atoms with Gasteiger partial charge in [0.25, 0.3) is 11.8 Å². The number of halogens is 2. The van der Waals surface area contributed by atoms with E-state index in [4.69, 9.17) is 16.3 Å². The summed E-state index contributed by atoms with van der Waals surface area (Å²) in [4.78, 5) is 24.1. The fourth-order valence-electron chi connectivity index (χ4n) is 2.44. The Labute approximate surface area is 177 Å². The summed E-state index contributed by atoms with van der Waals surface area (Å²) in [6, 6.07) is 19.1. The van der Waals surface area contributed by atoms with Crippen LogP contribution in [0.25, 0.3) is 0 Å². The summed E-state index contributed by atoms with van der Waals surface area (Å²) < 4.78 is 19.1. The molecule has 0 saturated carbocycles. The summed E-state index contributed by atoms with van der Waals surface area (Å²) >= 11 is 5.80. The van der Waals surface area contributed by atoms with Crippen molar-refractivity contribution in [2.75, 3.05) is 11.9 Å². The SMILES string of the molecule is O=C(COc1ccccc1C=NNC(=O)c1ccc(Cl)cc1)Nc1ccccc1F. The first-order valence-corrected chi connectivity index (χ1v) is 9.26. The first kappa shape index (κ1) is 21.0. The Balaban J connectivity index is 1.58. The second kappa shape index (κ2) is 10.2. The Hall–Kier alpha value is -3.71. The van der Waals surface area contributed by atoms with Crippen LogP contribution in [-0.2, 0) is 4.79 Å². The number of rotatable bonds is 7. The van der Waals surface area contributed by atoms with Gasteiger partial charge in [-0.25, -0.2) is 9.82 Å². The van der Waals surface area contributed by atoms with Gasteiger partial charge in [0, 0.05) is 16.1 Å². The van der Waals surface area contributed by atoms with Crippen molar-refractivity contribution in [3.05, 3.63) is 94.8 Å². The van der Waals surface area contributed by atoms with Crippen LogP contribution in [0.3, 0.4) is 0 Å². The van der Waals surface area contributed by atoms with Gasteiger partial charge in [0.1, 0.15) is 11.6 Å². The van der Waals surface area contributed by atoms with Crippen LogP contribution in [0.1, 0.15) is 15.9 Å². The summed E-state index contributed by atoms with van der Waals surface area (Å²) in [5, 5.41) is 6.89. The van der Waals surface area contributed by atoms with Crippen molar-refractivity contribution in [3.63, 3.8) is 0 Å². The first-order valence-electron chi connectivity index (χ1n) is 8.88. The summed E-state index contributed by atoms with van der Waals surface area (Å²) in [6.45, 7) is -0.323. The van der Waals surface area contributed by atoms with Crippen molar-refractivity contribution < 1.29 is 18.7 Å². The van der Waals surface area contributed by atoms with Crippen LogP contribution in [0.2, 0.25) is 5.02 Å². The van der Waals surface area contributed by atoms with Gasteiger partial charge >= 0.3 is 0 Å². The largest absolute Gasteiger partial charge is 0.483 e. The zero-order valence-electron chi connectivity index (χ0n) is 15.6. The number of nitrogens with one attached hydrogen (secondary N) is 2. The molecule has 0 aliphatic carbocycles. The number of nitrogens with zero attached hydrogens (tertiary/aromatic N) is 1. The summed E-state index contributed by atoms with van der Waals surface area (Å²) in [5.74, 6) is -1.06. The van der Waals surface area contributed by atoms with Gasteiger partial charge in [0.2, 0.25) is 0 Å². The number of carbonyl (C=O) groups excluding carboxylic acids is 2. The number of benzene rings is 3. The Bertz CT molecular complexity index is 1070. The van der Waals surface area contributed by atoms with E-state index in [0.717, 1.165) is 0 Å². The van der Waals surface area contributed by atoms with E-state index in [1.165, 1.54) is 24.4 Å². The lowest BCUT2D eigenvalue weighted by atomic mass is 10.2. The monoisotopic (exact) mass is 425 g/mol. The molecular weight excluding hydrogens is 409 g/mol. The number of hydrogen-bond donors (Lipinski definition) is 2. The van der Waals surface area contributed by atoms with Gasteiger partial charge in [-0.15, -0.1) is 0 Å². The highest BCUT2D eigenvalue weighted by molar-refractivity contribution is 6.30. The highest BCUT2D eigenvalue weighted by Crippen LogP contribution is 2.17. The molecule has 0 radical (unpaired) electrons. The molecule has 3 aromatic carbocycles. The molecule has 3 rings (SSSR count). The van der Waals surface area contributed by atoms with Gasteiger partial charge in [0.15, 0.2) is 6.61 Å². The van der Waals surface area contributed by atoms with E-state index in [1.807, 2.05) is 0 Å². The molecule has 2 N–H and O–H groups in total. The highest BCUT2D eigenvalue weighted by Gasteiger charge is 2.09. The van der Waals surface area contributed by atoms with Crippen LogP contribution in [-0.4, -0.2) is 24.6 Å². The average molecular weight is 426 g/mol. The Morgan fingerprint density at radius 2 is 1.70 bits per heavy atom. The molecule has 0 heterocycles. The van der Waals surface area contributed by atoms with Crippen molar-refractivity contribution in [2.45, 2.75) is 0 Å². The molecule has 0 aliphatic heterocycles. The molecule has 8 heteroatoms. The molecule has 6 nitrogen and oxygen atoms in total. The van der Waals surface area contributed by atoms with Crippen molar-refractivity contribution in [1.29, 1.82) is 0 Å². The number of hydrogen-bond acceptors (Lipinski definition) is 4. The second-order valence-corrected chi connectivity index (χ2v) is 6.50. The van der Waals surface area contributed by atoms with E-state index in [0.29, 0.717) is 21.9 Å². The van der Waals surface area contributed by atoms with E-state index in [2.05, 4.69) is 15.8 Å². The molecule has 0 aromatic heterocycles. The lowest BCUT2D eigenvalue weighted by molar-refractivity contribution is -0.118. The average Bonchev–Trinajstić information content (AvgIpc) is 2.75. The van der Waals surface area contributed by atoms with Crippen LogP contribution in [0, 0.1) is 5.82 Å². The number of anilines is 1. The second-order valence-electron chi connectivity index (χ2n) is 6.06. The van der Waals surface area contributed by atoms with Gasteiger partial charge in [-0.2, -0.15) is 5.10 Å². The fraction of sp³-hybridized carbons (Fsp3) is 0.0455. The molecule has 0 bridgehead atoms. The molecule has 0 saturated heterocycles. The van der Waals surface area contributed by atoms with E-state index in [-0.39, 0.29) is 12.3 Å². The lowest BCUT2D eigenvalue weighted by Gasteiger charge is -2.10. The summed E-state index contributed by atoms with van der Waals surface area (Å²) in [6.07, 6.45) is 1.40. The standard InChI is InChI=1S/C22H17ClFN3O3/c23-17-11-9-15(10-12-17)22(29)27-25-13-16-5-1-4-8-20(16)30-14-21(28)26-19-7-3-2-6-18(19)24/h1-13H,14H2,(H,26,28)(H,27,29). The minimum Gasteiger partial charge on any atom is -0.483 e. The van der Waals surface area contributed by atoms with Crippen LogP contribution < -0.4 is 15.5 Å². The van der Waals surface area contributed by atoms with Crippen molar-refractivity contribution in [1.82, 2.24) is 5.43 Å². The molecule has 0 atom stereocenters. The third kappa shape index (κ3) is 5.89. The lowest BCUT2D eigenvalue weighted by Crippen LogP contribution is -2.21. The Morgan fingerprint density at radius 1 is 1.00 bits per heavy atom. The summed E-state index contributed by atoms with van der Waals surface area (Å²) in [7, 11) is 0. The van der Waals surface area contributed by atoms with Crippen LogP contribution in [0.5, 0.6) is 5.75 Å². The number of carbonyl (C=O) groups is 2. The third-order valence-corrected chi connectivity index (χ3v) is 4.15. The smallest absolute Gasteiger partial charge is 0.271 e. The normalized spacial score (nSPS) is 10.6. The molecule has 152 valence electrons. The van der Waals surface area contributed by atoms with Crippen LogP contribution in [0.4, 0.5) is 10.1 Å². The maximum atomic E-state index is 13.6. The highest BCUT2D eigenvalue weighted by atomic mass is 35.5. The van der Waals surface area contributed by atoms with E-state index in [9.17, 15) is 14.0 Å². The van der Waals surface area contributed by atoms with Gasteiger partial charge in [-0.1, -0.05) is 35.9 Å². The first-order chi connectivity index (χ1) is 14.5. The predicted molar refractivity (Wildman–Crippen MR) is 113 cm³/mol. The van der Waals surface area contributed by atoms with Crippen molar-refractivity contribution >= 4 is 35.3 Å². The fourth-order valence-corrected chi connectivity index (χ4v) is 2.56. The van der Waals surface area contributed by atoms with E-state index in [1.54, 1.807) is 54.6 Å². The third-order valence-electron chi connectivity index (χ3n) is 3.90. The van der Waals surface area contributed by atoms with Gasteiger partial charge < -0.3 is 10.1 Å². The Kier molecular flexibility index (Phi) is 7.13. The van der Waals surface area contributed by atoms with E-state index >= 15 is 0 Å². The maximum absolute atomic E-state index is 13.6. The quantitative estimate of drug-likeness (QED) is 0.438. The van der Waals surface area contributed by atoms with Crippen LogP contribution >= 0.6 is 11.6 Å². The molecule has 3 aromatic rings. The van der Waals surface area contributed by atoms with Crippen LogP contribution in [0.15, 0.2) is 77.9 Å². The number of para-hydroxylation sites is 2. The predicted octanol–water partition coefficient (Wildman–Crippen LogP) is 4.26. The zero-order valence-corrected chi connectivity index (χ0v) is 16.4. The molecular formula is C22H17ClFN3O3. The Morgan fingerprint density at radius 3 is 2.47 bits per heavy atom. The van der Waals surface area contributed by atoms with Gasteiger partial charge in [-0.3, -0.25) is 9.59 Å². The molecule has 0 fully saturated rings. The maximum Gasteiger partial charge on any atom is 0.271 e. The van der Waals surface area contributed by atoms with E-state index < -0.39 is 17.6 Å². The molecule has 0 aliphatic rings. The summed E-state index contributed by atoms with van der Waals surface area (Å²) in [5.41, 5.74) is 3.44. The van der Waals surface area contributed by atoms with Gasteiger partial charge in [-0.05, 0) is 48.5 Å². The van der Waals surface area contributed by atoms with Crippen molar-refractivity contribution in [3.8, 4) is 5.75 Å². The number of hydrazone groups is 1. The topological polar surface area (TPSA) is 79.8 Å². The number of ether oxygens (including phenoxy) is 1. The molecule has 0 spiro atoms. The molecule has 30 heavy (non-hydrogen) atoms. The van der Waals surface area contributed by atoms with Crippen molar-refractivity contribution in [2.24, 2.45) is 5.10 Å². The molecule has 0 unspecified atom stereocenters. The van der Waals surface area contributed by atoms with Gasteiger partial charge in [0.05, 0.1) is 11.9 Å². The minimum absolute atomic E-state index is 0.0749. The molecule has 2 amide bonds.